The normalized spacial score (nSPS) is 10.2. The lowest BCUT2D eigenvalue weighted by Gasteiger charge is -2.14. The maximum atomic E-state index is 12.9. The van der Waals surface area contributed by atoms with Crippen molar-refractivity contribution in [3.63, 3.8) is 0 Å². The molecule has 126 valence electrons. The van der Waals surface area contributed by atoms with Gasteiger partial charge in [-0.25, -0.2) is 4.79 Å². The number of methoxy groups -OCH3 is 3. The van der Waals surface area contributed by atoms with E-state index in [1.165, 1.54) is 45.7 Å². The zero-order valence-electron chi connectivity index (χ0n) is 13.7. The Bertz CT molecular complexity index is 800. The van der Waals surface area contributed by atoms with Gasteiger partial charge in [0.15, 0.2) is 17.3 Å². The molecule has 1 heterocycles. The predicted octanol–water partition coefficient (Wildman–Crippen LogP) is 2.35. The van der Waals surface area contributed by atoms with Crippen molar-refractivity contribution in [2.45, 2.75) is 6.92 Å². The van der Waals surface area contributed by atoms with E-state index in [0.717, 1.165) is 0 Å². The minimum Gasteiger partial charge on any atom is -0.496 e. The molecule has 0 bridgehead atoms. The second kappa shape index (κ2) is 6.99. The first-order chi connectivity index (χ1) is 11.4. The van der Waals surface area contributed by atoms with Gasteiger partial charge in [0.1, 0.15) is 5.75 Å². The number of pyridine rings is 1. The third kappa shape index (κ3) is 3.15. The van der Waals surface area contributed by atoms with Crippen molar-refractivity contribution in [1.29, 1.82) is 0 Å². The van der Waals surface area contributed by atoms with E-state index in [2.05, 4.69) is 4.98 Å². The number of aryl methyl sites for hydroxylation is 1. The van der Waals surface area contributed by atoms with Crippen LogP contribution >= 0.6 is 0 Å². The summed E-state index contributed by atoms with van der Waals surface area (Å²) in [4.78, 5) is 28.3. The average molecular weight is 331 g/mol. The number of ether oxygens (including phenoxy) is 3. The van der Waals surface area contributed by atoms with Crippen LogP contribution in [0, 0.1) is 6.92 Å². The lowest BCUT2D eigenvalue weighted by atomic mass is 9.98. The zero-order chi connectivity index (χ0) is 17.9. The summed E-state index contributed by atoms with van der Waals surface area (Å²) >= 11 is 0. The van der Waals surface area contributed by atoms with Crippen molar-refractivity contribution < 1.29 is 28.9 Å². The number of hydrogen-bond acceptors (Lipinski definition) is 6. The number of carboxylic acid groups (broad SMARTS) is 1. The summed E-state index contributed by atoms with van der Waals surface area (Å²) < 4.78 is 15.6. The van der Waals surface area contributed by atoms with Gasteiger partial charge in [0.25, 0.3) is 0 Å². The van der Waals surface area contributed by atoms with E-state index >= 15 is 0 Å². The molecule has 0 aliphatic rings. The number of carbonyl (C=O) groups is 2. The third-order valence-electron chi connectivity index (χ3n) is 3.47. The van der Waals surface area contributed by atoms with Crippen LogP contribution in [-0.2, 0) is 0 Å². The first-order valence-corrected chi connectivity index (χ1v) is 6.97. The minimum atomic E-state index is -1.21. The number of carboxylic acids is 1. The SMILES string of the molecule is COc1cc(OC)c(C(=O)c2cnc(C)cc2C(=O)O)cc1OC. The van der Waals surface area contributed by atoms with E-state index in [1.54, 1.807) is 6.92 Å². The molecule has 2 rings (SSSR count). The molecule has 2 aromatic rings. The standard InChI is InChI=1S/C17H17NO6/c1-9-5-10(17(20)21)12(8-18-9)16(19)11-6-14(23-3)15(24-4)7-13(11)22-2/h5-8H,1-4H3,(H,20,21). The number of carbonyl (C=O) groups excluding carboxylic acids is 1. The van der Waals surface area contributed by atoms with E-state index in [9.17, 15) is 14.7 Å². The maximum Gasteiger partial charge on any atom is 0.336 e. The molecule has 0 unspecified atom stereocenters. The molecule has 0 atom stereocenters. The number of nitrogens with zero attached hydrogens (tertiary/aromatic N) is 1. The van der Waals surface area contributed by atoms with Crippen LogP contribution in [0.15, 0.2) is 24.4 Å². The molecule has 0 radical (unpaired) electrons. The first-order valence-electron chi connectivity index (χ1n) is 6.97. The molecule has 0 aliphatic heterocycles. The Kier molecular flexibility index (Phi) is 5.03. The zero-order valence-corrected chi connectivity index (χ0v) is 13.7. The molecule has 0 fully saturated rings. The highest BCUT2D eigenvalue weighted by molar-refractivity contribution is 6.15. The molecule has 0 saturated carbocycles. The predicted molar refractivity (Wildman–Crippen MR) is 85.5 cm³/mol. The van der Waals surface area contributed by atoms with Crippen LogP contribution in [-0.4, -0.2) is 43.2 Å². The molecule has 0 spiro atoms. The van der Waals surface area contributed by atoms with E-state index < -0.39 is 11.8 Å². The van der Waals surface area contributed by atoms with E-state index in [0.29, 0.717) is 17.2 Å². The molecule has 0 amide bonds. The fourth-order valence-corrected chi connectivity index (χ4v) is 2.27. The van der Waals surface area contributed by atoms with Gasteiger partial charge in [-0.1, -0.05) is 0 Å². The van der Waals surface area contributed by atoms with Gasteiger partial charge in [-0.2, -0.15) is 0 Å². The highest BCUT2D eigenvalue weighted by Gasteiger charge is 2.23. The smallest absolute Gasteiger partial charge is 0.336 e. The Morgan fingerprint density at radius 2 is 1.46 bits per heavy atom. The van der Waals surface area contributed by atoms with E-state index in [-0.39, 0.29) is 22.4 Å². The fourth-order valence-electron chi connectivity index (χ4n) is 2.27. The van der Waals surface area contributed by atoms with Gasteiger partial charge in [-0.15, -0.1) is 0 Å². The summed E-state index contributed by atoms with van der Waals surface area (Å²) in [5.74, 6) is -0.763. The van der Waals surface area contributed by atoms with Crippen LogP contribution < -0.4 is 14.2 Å². The highest BCUT2D eigenvalue weighted by Crippen LogP contribution is 2.36. The topological polar surface area (TPSA) is 95.0 Å². The van der Waals surface area contributed by atoms with E-state index in [4.69, 9.17) is 14.2 Å². The molecule has 0 saturated heterocycles. The second-order valence-electron chi connectivity index (χ2n) is 4.91. The van der Waals surface area contributed by atoms with Crippen LogP contribution in [0.2, 0.25) is 0 Å². The summed E-state index contributed by atoms with van der Waals surface area (Å²) in [5, 5.41) is 9.34. The van der Waals surface area contributed by atoms with Crippen LogP contribution in [0.3, 0.4) is 0 Å². The lowest BCUT2D eigenvalue weighted by molar-refractivity contribution is 0.0692. The average Bonchev–Trinajstić information content (AvgIpc) is 2.59. The Balaban J connectivity index is 2.64. The van der Waals surface area contributed by atoms with Gasteiger partial charge in [0, 0.05) is 18.0 Å². The largest absolute Gasteiger partial charge is 0.496 e. The molecular weight excluding hydrogens is 314 g/mol. The fraction of sp³-hybridized carbons (Fsp3) is 0.235. The van der Waals surface area contributed by atoms with Crippen molar-refractivity contribution in [1.82, 2.24) is 4.98 Å². The number of aromatic nitrogens is 1. The summed E-state index contributed by atoms with van der Waals surface area (Å²) in [7, 11) is 4.31. The minimum absolute atomic E-state index is 0.0291. The van der Waals surface area contributed by atoms with Crippen molar-refractivity contribution in [3.8, 4) is 17.2 Å². The summed E-state index contributed by atoms with van der Waals surface area (Å²) in [6.07, 6.45) is 1.25. The first kappa shape index (κ1) is 17.3. The summed E-state index contributed by atoms with van der Waals surface area (Å²) in [5.41, 5.74) is 0.509. The molecule has 7 nitrogen and oxygen atoms in total. The second-order valence-corrected chi connectivity index (χ2v) is 4.91. The van der Waals surface area contributed by atoms with Gasteiger partial charge in [0.05, 0.1) is 38.0 Å². The Labute approximate surface area is 138 Å². The maximum absolute atomic E-state index is 12.9. The van der Waals surface area contributed by atoms with Crippen LogP contribution in [0.1, 0.15) is 32.0 Å². The quantitative estimate of drug-likeness (QED) is 0.812. The van der Waals surface area contributed by atoms with Crippen LogP contribution in [0.25, 0.3) is 0 Å². The van der Waals surface area contributed by atoms with Gasteiger partial charge in [-0.3, -0.25) is 9.78 Å². The van der Waals surface area contributed by atoms with Crippen molar-refractivity contribution in [3.05, 3.63) is 46.8 Å². The molecule has 7 heteroatoms. The Morgan fingerprint density at radius 3 is 2.00 bits per heavy atom. The summed E-state index contributed by atoms with van der Waals surface area (Å²) in [6.45, 7) is 1.65. The molecule has 1 aromatic heterocycles. The number of hydrogen-bond donors (Lipinski definition) is 1. The molecular formula is C17H17NO6. The number of ketones is 1. The number of benzene rings is 1. The van der Waals surface area contributed by atoms with Crippen LogP contribution in [0.5, 0.6) is 17.2 Å². The van der Waals surface area contributed by atoms with Crippen LogP contribution in [0.4, 0.5) is 0 Å². The van der Waals surface area contributed by atoms with Gasteiger partial charge < -0.3 is 19.3 Å². The molecule has 1 aromatic carbocycles. The van der Waals surface area contributed by atoms with Crippen molar-refractivity contribution in [2.24, 2.45) is 0 Å². The summed E-state index contributed by atoms with van der Waals surface area (Å²) in [6, 6.07) is 4.31. The Morgan fingerprint density at radius 1 is 0.875 bits per heavy atom. The lowest BCUT2D eigenvalue weighted by Crippen LogP contribution is -2.12. The van der Waals surface area contributed by atoms with Crippen molar-refractivity contribution in [2.75, 3.05) is 21.3 Å². The monoisotopic (exact) mass is 331 g/mol. The third-order valence-corrected chi connectivity index (χ3v) is 3.47. The van der Waals surface area contributed by atoms with Gasteiger partial charge >= 0.3 is 5.97 Å². The van der Waals surface area contributed by atoms with Gasteiger partial charge in [0.2, 0.25) is 0 Å². The highest BCUT2D eigenvalue weighted by atomic mass is 16.5. The number of aromatic carboxylic acids is 1. The van der Waals surface area contributed by atoms with Gasteiger partial charge in [-0.05, 0) is 19.1 Å². The molecule has 0 aliphatic carbocycles. The van der Waals surface area contributed by atoms with E-state index in [1.807, 2.05) is 0 Å². The molecule has 1 N–H and O–H groups in total. The Hall–Kier alpha value is -3.09. The number of rotatable bonds is 6. The molecule has 24 heavy (non-hydrogen) atoms. The van der Waals surface area contributed by atoms with Crippen molar-refractivity contribution >= 4 is 11.8 Å².